The Labute approximate surface area is 234 Å². The van der Waals surface area contributed by atoms with Gasteiger partial charge in [0.2, 0.25) is 11.9 Å². The van der Waals surface area contributed by atoms with Crippen molar-refractivity contribution in [2.24, 2.45) is 7.05 Å². The molecule has 3 aromatic carbocycles. The summed E-state index contributed by atoms with van der Waals surface area (Å²) in [5.74, 6) is 1.30. The molecule has 2 aromatic heterocycles. The average Bonchev–Trinajstić information content (AvgIpc) is 3.26. The maximum Gasteiger partial charge on any atom is 0.227 e. The SMILES string of the molecule is CNc1ccc2c(nc(NC(C)c3ccccc3)n2C)c1-c1ccnc(Nc2cccc(CCS(C)(=O)=O)c2)n1. The molecule has 0 bridgehead atoms. The van der Waals surface area contributed by atoms with Gasteiger partial charge in [-0.05, 0) is 54.8 Å². The molecule has 0 aliphatic heterocycles. The van der Waals surface area contributed by atoms with E-state index in [2.05, 4.69) is 50.6 Å². The van der Waals surface area contributed by atoms with E-state index < -0.39 is 9.84 Å². The van der Waals surface area contributed by atoms with E-state index in [9.17, 15) is 8.42 Å². The predicted octanol–water partition coefficient (Wildman–Crippen LogP) is 5.58. The van der Waals surface area contributed by atoms with Crippen LogP contribution in [0.1, 0.15) is 24.1 Å². The lowest BCUT2D eigenvalue weighted by molar-refractivity contribution is 0.601. The van der Waals surface area contributed by atoms with Crippen molar-refractivity contribution < 1.29 is 8.42 Å². The highest BCUT2D eigenvalue weighted by Crippen LogP contribution is 2.36. The number of fused-ring (bicyclic) bond motifs is 1. The van der Waals surface area contributed by atoms with Crippen molar-refractivity contribution in [3.05, 3.63) is 90.1 Å². The molecule has 10 heteroatoms. The van der Waals surface area contributed by atoms with E-state index in [1.807, 2.05) is 68.7 Å². The van der Waals surface area contributed by atoms with Crippen molar-refractivity contribution in [2.45, 2.75) is 19.4 Å². The van der Waals surface area contributed by atoms with Crippen LogP contribution in [-0.4, -0.2) is 47.0 Å². The van der Waals surface area contributed by atoms with E-state index in [-0.39, 0.29) is 11.8 Å². The second kappa shape index (κ2) is 11.4. The Bertz CT molecular complexity index is 1750. The number of rotatable bonds is 10. The normalized spacial score (nSPS) is 12.3. The van der Waals surface area contributed by atoms with Crippen LogP contribution in [0.25, 0.3) is 22.3 Å². The van der Waals surface area contributed by atoms with Crippen LogP contribution >= 0.6 is 0 Å². The van der Waals surface area contributed by atoms with Crippen LogP contribution in [0.5, 0.6) is 0 Å². The van der Waals surface area contributed by atoms with Gasteiger partial charge in [0, 0.05) is 37.9 Å². The Morgan fingerprint density at radius 3 is 2.52 bits per heavy atom. The lowest BCUT2D eigenvalue weighted by Crippen LogP contribution is -2.10. The molecule has 5 rings (SSSR count). The monoisotopic (exact) mass is 555 g/mol. The van der Waals surface area contributed by atoms with E-state index >= 15 is 0 Å². The Balaban J connectivity index is 1.47. The fourth-order valence-electron chi connectivity index (χ4n) is 4.67. The molecule has 1 atom stereocenters. The van der Waals surface area contributed by atoms with Crippen LogP contribution in [-0.2, 0) is 23.3 Å². The van der Waals surface area contributed by atoms with Gasteiger partial charge >= 0.3 is 0 Å². The first-order valence-electron chi connectivity index (χ1n) is 13.1. The molecule has 0 radical (unpaired) electrons. The number of benzene rings is 3. The summed E-state index contributed by atoms with van der Waals surface area (Å²) in [6.45, 7) is 2.12. The third kappa shape index (κ3) is 6.07. The molecule has 9 nitrogen and oxygen atoms in total. The van der Waals surface area contributed by atoms with Crippen LogP contribution in [0, 0.1) is 0 Å². The zero-order chi connectivity index (χ0) is 28.3. The number of sulfone groups is 1. The van der Waals surface area contributed by atoms with Gasteiger partial charge in [-0.25, -0.2) is 23.4 Å². The van der Waals surface area contributed by atoms with Crippen molar-refractivity contribution >= 4 is 44.1 Å². The largest absolute Gasteiger partial charge is 0.388 e. The van der Waals surface area contributed by atoms with Gasteiger partial charge in [-0.3, -0.25) is 0 Å². The molecular formula is C30H33N7O2S. The maximum absolute atomic E-state index is 11.6. The quantitative estimate of drug-likeness (QED) is 0.205. The average molecular weight is 556 g/mol. The van der Waals surface area contributed by atoms with E-state index in [0.29, 0.717) is 12.4 Å². The number of hydrogen-bond donors (Lipinski definition) is 3. The van der Waals surface area contributed by atoms with Crippen LogP contribution < -0.4 is 16.0 Å². The van der Waals surface area contributed by atoms with Crippen LogP contribution in [0.4, 0.5) is 23.3 Å². The van der Waals surface area contributed by atoms with Crippen LogP contribution in [0.3, 0.4) is 0 Å². The highest BCUT2D eigenvalue weighted by molar-refractivity contribution is 7.90. The molecule has 0 aliphatic carbocycles. The number of anilines is 4. The van der Waals surface area contributed by atoms with E-state index in [0.717, 1.165) is 45.2 Å². The summed E-state index contributed by atoms with van der Waals surface area (Å²) in [5.41, 5.74) is 7.19. The first-order valence-corrected chi connectivity index (χ1v) is 15.1. The third-order valence-corrected chi connectivity index (χ3v) is 7.77. The number of aromatic nitrogens is 4. The lowest BCUT2D eigenvalue weighted by Gasteiger charge is -2.14. The van der Waals surface area contributed by atoms with Crippen LogP contribution in [0.15, 0.2) is 79.0 Å². The molecule has 3 N–H and O–H groups in total. The zero-order valence-corrected chi connectivity index (χ0v) is 23.8. The van der Waals surface area contributed by atoms with Crippen LogP contribution in [0.2, 0.25) is 0 Å². The Kier molecular flexibility index (Phi) is 7.70. The van der Waals surface area contributed by atoms with E-state index in [4.69, 9.17) is 9.97 Å². The number of imidazole rings is 1. The number of nitrogens with zero attached hydrogens (tertiary/aromatic N) is 4. The third-order valence-electron chi connectivity index (χ3n) is 6.82. The summed E-state index contributed by atoms with van der Waals surface area (Å²) in [6.07, 6.45) is 3.41. The number of hydrogen-bond acceptors (Lipinski definition) is 8. The second-order valence-electron chi connectivity index (χ2n) is 9.85. The highest BCUT2D eigenvalue weighted by Gasteiger charge is 2.19. The van der Waals surface area contributed by atoms with Gasteiger partial charge in [-0.2, -0.15) is 0 Å². The fraction of sp³-hybridized carbons (Fsp3) is 0.233. The fourth-order valence-corrected chi connectivity index (χ4v) is 5.28. The van der Waals surface area contributed by atoms with Gasteiger partial charge in [0.25, 0.3) is 0 Å². The van der Waals surface area contributed by atoms with Gasteiger partial charge in [0.1, 0.15) is 15.4 Å². The van der Waals surface area contributed by atoms with Crippen molar-refractivity contribution in [3.63, 3.8) is 0 Å². The highest BCUT2D eigenvalue weighted by atomic mass is 32.2. The summed E-state index contributed by atoms with van der Waals surface area (Å²) in [7, 11) is 0.843. The zero-order valence-electron chi connectivity index (χ0n) is 23.0. The minimum Gasteiger partial charge on any atom is -0.388 e. The summed E-state index contributed by atoms with van der Waals surface area (Å²) in [4.78, 5) is 14.3. The topological polar surface area (TPSA) is 114 Å². The van der Waals surface area contributed by atoms with Crippen molar-refractivity contribution in [2.75, 3.05) is 35.0 Å². The second-order valence-corrected chi connectivity index (χ2v) is 12.1. The van der Waals surface area contributed by atoms with Gasteiger partial charge in [0.05, 0.1) is 28.6 Å². The van der Waals surface area contributed by atoms with Gasteiger partial charge in [-0.15, -0.1) is 0 Å². The van der Waals surface area contributed by atoms with E-state index in [1.54, 1.807) is 6.20 Å². The Morgan fingerprint density at radius 1 is 0.975 bits per heavy atom. The number of aryl methyl sites for hydroxylation is 2. The molecule has 206 valence electrons. The van der Waals surface area contributed by atoms with E-state index in [1.165, 1.54) is 11.8 Å². The maximum atomic E-state index is 11.6. The Hall–Kier alpha value is -4.44. The lowest BCUT2D eigenvalue weighted by atomic mass is 10.1. The molecule has 5 aromatic rings. The van der Waals surface area contributed by atoms with Crippen molar-refractivity contribution in [1.82, 2.24) is 19.5 Å². The van der Waals surface area contributed by atoms with Gasteiger partial charge < -0.3 is 20.5 Å². The number of nitrogens with one attached hydrogen (secondary N) is 3. The molecule has 0 fully saturated rings. The summed E-state index contributed by atoms with van der Waals surface area (Å²) in [6, 6.07) is 23.9. The van der Waals surface area contributed by atoms with Crippen molar-refractivity contribution in [1.29, 1.82) is 0 Å². The summed E-state index contributed by atoms with van der Waals surface area (Å²) < 4.78 is 25.2. The molecule has 0 spiro atoms. The molecule has 0 aliphatic rings. The Morgan fingerprint density at radius 2 is 1.77 bits per heavy atom. The summed E-state index contributed by atoms with van der Waals surface area (Å²) >= 11 is 0. The van der Waals surface area contributed by atoms with Gasteiger partial charge in [0.15, 0.2) is 0 Å². The molecule has 0 saturated carbocycles. The van der Waals surface area contributed by atoms with Gasteiger partial charge in [-0.1, -0.05) is 42.5 Å². The first-order chi connectivity index (χ1) is 19.2. The molecular weight excluding hydrogens is 522 g/mol. The predicted molar refractivity (Wildman–Crippen MR) is 163 cm³/mol. The first kappa shape index (κ1) is 27.1. The molecule has 1 unspecified atom stereocenters. The molecule has 2 heterocycles. The standard InChI is InChI=1S/C30H33N7O2S/c1-20(22-10-6-5-7-11-22)33-30-36-28-26(37(30)3)14-13-24(31-2)27(28)25-15-17-32-29(35-25)34-23-12-8-9-21(19-23)16-18-40(4,38)39/h5-15,17,19-20,31H,16,18H2,1-4H3,(H,33,36)(H,32,34,35). The summed E-state index contributed by atoms with van der Waals surface area (Å²) in [5, 5.41) is 10.1. The smallest absolute Gasteiger partial charge is 0.227 e. The molecule has 0 saturated heterocycles. The minimum atomic E-state index is -3.04. The molecule has 0 amide bonds. The minimum absolute atomic E-state index is 0.0759. The van der Waals surface area contributed by atoms with Crippen molar-refractivity contribution in [3.8, 4) is 11.3 Å². The molecule has 40 heavy (non-hydrogen) atoms.